The molecule has 2 rings (SSSR count). The Kier molecular flexibility index (Phi) is 5.85. The zero-order valence-electron chi connectivity index (χ0n) is 14.5. The Hall–Kier alpha value is -2.34. The van der Waals surface area contributed by atoms with Gasteiger partial charge in [-0.05, 0) is 55.3 Å². The highest BCUT2D eigenvalue weighted by Gasteiger charge is 2.19. The minimum absolute atomic E-state index is 0.0298. The molecule has 1 atom stereocenters. The molecule has 2 aromatic rings. The molecule has 2 N–H and O–H groups in total. The average Bonchev–Trinajstić information content (AvgIpc) is 2.55. The zero-order valence-corrected chi connectivity index (χ0v) is 15.4. The van der Waals surface area contributed by atoms with Crippen molar-refractivity contribution in [3.8, 4) is 0 Å². The van der Waals surface area contributed by atoms with Gasteiger partial charge < -0.3 is 10.4 Å². The molecular formula is C19H22N2O3S. The van der Waals surface area contributed by atoms with Crippen molar-refractivity contribution in [3.63, 3.8) is 0 Å². The van der Waals surface area contributed by atoms with E-state index in [1.54, 1.807) is 12.1 Å². The molecule has 2 aromatic carbocycles. The van der Waals surface area contributed by atoms with Crippen molar-refractivity contribution in [3.05, 3.63) is 47.5 Å². The van der Waals surface area contributed by atoms with Crippen LogP contribution in [0.15, 0.2) is 41.4 Å². The van der Waals surface area contributed by atoms with Crippen LogP contribution in [0, 0.1) is 0 Å². The third-order valence-electron chi connectivity index (χ3n) is 3.51. The molecule has 0 spiro atoms. The third kappa shape index (κ3) is 5.32. The molecule has 0 aliphatic carbocycles. The number of aliphatic carboxylic acids is 1. The van der Waals surface area contributed by atoms with E-state index >= 15 is 0 Å². The first-order valence-electron chi connectivity index (χ1n) is 7.93. The molecule has 6 heteroatoms. The maximum Gasteiger partial charge on any atom is 0.327 e. The fraction of sp³-hybridized carbons (Fsp3) is 0.316. The number of nitrogens with one attached hydrogen (secondary N) is 1. The van der Waals surface area contributed by atoms with Crippen molar-refractivity contribution < 1.29 is 14.7 Å². The predicted molar refractivity (Wildman–Crippen MR) is 104 cm³/mol. The summed E-state index contributed by atoms with van der Waals surface area (Å²) in [5.74, 6) is -1.51. The molecule has 0 radical (unpaired) electrons. The fourth-order valence-electron chi connectivity index (χ4n) is 2.18. The molecule has 0 aliphatic heterocycles. The Morgan fingerprint density at radius 1 is 1.20 bits per heavy atom. The van der Waals surface area contributed by atoms with Crippen LogP contribution in [0.3, 0.4) is 0 Å². The van der Waals surface area contributed by atoms with Gasteiger partial charge >= 0.3 is 5.97 Å². The van der Waals surface area contributed by atoms with Gasteiger partial charge in [0.2, 0.25) is 0 Å². The van der Waals surface area contributed by atoms with Crippen LogP contribution in [0.2, 0.25) is 0 Å². The molecule has 132 valence electrons. The minimum atomic E-state index is -1.11. The fourth-order valence-corrected chi connectivity index (χ4v) is 2.43. The van der Waals surface area contributed by atoms with Gasteiger partial charge in [0.15, 0.2) is 0 Å². The number of benzene rings is 2. The van der Waals surface area contributed by atoms with Crippen molar-refractivity contribution in [2.75, 3.05) is 5.75 Å². The predicted octanol–water partition coefficient (Wildman–Crippen LogP) is 3.17. The highest BCUT2D eigenvalue weighted by molar-refractivity contribution is 7.80. The summed E-state index contributed by atoms with van der Waals surface area (Å²) in [6, 6.07) is 10.1. The quantitative estimate of drug-likeness (QED) is 0.567. The average molecular weight is 358 g/mol. The monoisotopic (exact) mass is 358 g/mol. The Bertz CT molecular complexity index is 825. The topological polar surface area (TPSA) is 78.8 Å². The number of carboxylic acid groups (broad SMARTS) is 1. The summed E-state index contributed by atoms with van der Waals surface area (Å²) in [4.78, 5) is 27.8. The second kappa shape index (κ2) is 7.70. The first kappa shape index (κ1) is 19.0. The lowest BCUT2D eigenvalue weighted by Gasteiger charge is -2.12. The van der Waals surface area contributed by atoms with Crippen LogP contribution in [-0.4, -0.2) is 40.5 Å². The standard InChI is InChI=1S/C19H22N2O3S/c1-19(2,3)20-10-12-4-5-13-6-7-14(9-15(13)8-12)17(22)21-16(11-25)18(23)24/h4-10,16,25H,11H2,1-3H3,(H,21,22)(H,23,24). The number of fused-ring (bicyclic) bond motifs is 1. The Morgan fingerprint density at radius 2 is 1.88 bits per heavy atom. The molecule has 5 nitrogen and oxygen atoms in total. The lowest BCUT2D eigenvalue weighted by molar-refractivity contribution is -0.138. The van der Waals surface area contributed by atoms with E-state index in [0.717, 1.165) is 16.3 Å². The van der Waals surface area contributed by atoms with Crippen LogP contribution in [-0.2, 0) is 4.79 Å². The molecule has 0 heterocycles. The van der Waals surface area contributed by atoms with E-state index in [1.807, 2.05) is 51.3 Å². The molecule has 0 aromatic heterocycles. The smallest absolute Gasteiger partial charge is 0.327 e. The van der Waals surface area contributed by atoms with Crippen LogP contribution >= 0.6 is 12.6 Å². The number of nitrogens with zero attached hydrogens (tertiary/aromatic N) is 1. The van der Waals surface area contributed by atoms with Crippen LogP contribution < -0.4 is 5.32 Å². The lowest BCUT2D eigenvalue weighted by Crippen LogP contribution is -2.42. The van der Waals surface area contributed by atoms with Gasteiger partial charge in [0.05, 0.1) is 5.54 Å². The largest absolute Gasteiger partial charge is 0.480 e. The normalized spacial score (nSPS) is 13.1. The third-order valence-corrected chi connectivity index (χ3v) is 3.88. The van der Waals surface area contributed by atoms with Crippen molar-refractivity contribution in [2.45, 2.75) is 32.4 Å². The summed E-state index contributed by atoms with van der Waals surface area (Å²) in [5.41, 5.74) is 1.19. The molecule has 1 unspecified atom stereocenters. The van der Waals surface area contributed by atoms with Gasteiger partial charge in [0, 0.05) is 17.5 Å². The summed E-state index contributed by atoms with van der Waals surface area (Å²) in [7, 11) is 0. The van der Waals surface area contributed by atoms with E-state index in [-0.39, 0.29) is 11.3 Å². The number of amides is 1. The highest BCUT2D eigenvalue weighted by Crippen LogP contribution is 2.18. The molecule has 25 heavy (non-hydrogen) atoms. The Morgan fingerprint density at radius 3 is 2.48 bits per heavy atom. The van der Waals surface area contributed by atoms with Crippen LogP contribution in [0.4, 0.5) is 0 Å². The number of carboxylic acids is 1. The number of hydrogen-bond acceptors (Lipinski definition) is 4. The summed E-state index contributed by atoms with van der Waals surface area (Å²) >= 11 is 3.95. The van der Waals surface area contributed by atoms with E-state index in [9.17, 15) is 9.59 Å². The molecule has 0 aliphatic rings. The van der Waals surface area contributed by atoms with E-state index in [0.29, 0.717) is 5.56 Å². The molecule has 0 saturated carbocycles. The van der Waals surface area contributed by atoms with Crippen LogP contribution in [0.5, 0.6) is 0 Å². The van der Waals surface area contributed by atoms with Gasteiger partial charge in [-0.2, -0.15) is 12.6 Å². The molecule has 0 fully saturated rings. The Balaban J connectivity index is 2.29. The van der Waals surface area contributed by atoms with E-state index in [1.165, 1.54) is 0 Å². The molecular weight excluding hydrogens is 336 g/mol. The maximum absolute atomic E-state index is 12.3. The van der Waals surface area contributed by atoms with Gasteiger partial charge in [0.1, 0.15) is 6.04 Å². The van der Waals surface area contributed by atoms with Crippen molar-refractivity contribution in [2.24, 2.45) is 4.99 Å². The number of carbonyl (C=O) groups excluding carboxylic acids is 1. The van der Waals surface area contributed by atoms with Crippen molar-refractivity contribution in [1.82, 2.24) is 5.32 Å². The summed E-state index contributed by atoms with van der Waals surface area (Å²) in [6.45, 7) is 6.06. The molecule has 0 bridgehead atoms. The molecule has 1 amide bonds. The van der Waals surface area contributed by atoms with Gasteiger partial charge in [-0.1, -0.05) is 18.2 Å². The first-order chi connectivity index (χ1) is 11.7. The van der Waals surface area contributed by atoms with Crippen LogP contribution in [0.25, 0.3) is 10.8 Å². The number of aliphatic imine (C=N–C) groups is 1. The van der Waals surface area contributed by atoms with Gasteiger partial charge in [-0.15, -0.1) is 0 Å². The van der Waals surface area contributed by atoms with E-state index in [4.69, 9.17) is 5.11 Å². The van der Waals surface area contributed by atoms with Crippen molar-refractivity contribution in [1.29, 1.82) is 0 Å². The van der Waals surface area contributed by atoms with Crippen LogP contribution in [0.1, 0.15) is 36.7 Å². The highest BCUT2D eigenvalue weighted by atomic mass is 32.1. The van der Waals surface area contributed by atoms with E-state index in [2.05, 4.69) is 22.9 Å². The van der Waals surface area contributed by atoms with Gasteiger partial charge in [-0.25, -0.2) is 4.79 Å². The molecule has 0 saturated heterocycles. The summed E-state index contributed by atoms with van der Waals surface area (Å²) in [5, 5.41) is 13.4. The van der Waals surface area contributed by atoms with Gasteiger partial charge in [0.25, 0.3) is 5.91 Å². The maximum atomic E-state index is 12.3. The summed E-state index contributed by atoms with van der Waals surface area (Å²) < 4.78 is 0. The first-order valence-corrected chi connectivity index (χ1v) is 8.56. The van der Waals surface area contributed by atoms with E-state index < -0.39 is 17.9 Å². The SMILES string of the molecule is CC(C)(C)N=Cc1ccc2ccc(C(=O)NC(CS)C(=O)O)cc2c1. The summed E-state index contributed by atoms with van der Waals surface area (Å²) in [6.07, 6.45) is 1.81. The number of thiol groups is 1. The van der Waals surface area contributed by atoms with Crippen molar-refractivity contribution >= 4 is 41.5 Å². The second-order valence-electron chi connectivity index (χ2n) is 6.80. The Labute approximate surface area is 152 Å². The number of carbonyl (C=O) groups is 2. The zero-order chi connectivity index (χ0) is 18.6. The second-order valence-corrected chi connectivity index (χ2v) is 7.16. The minimum Gasteiger partial charge on any atom is -0.480 e. The van der Waals surface area contributed by atoms with Gasteiger partial charge in [-0.3, -0.25) is 9.79 Å². The lowest BCUT2D eigenvalue weighted by atomic mass is 10.0. The number of rotatable bonds is 5. The number of hydrogen-bond donors (Lipinski definition) is 3.